The van der Waals surface area contributed by atoms with Gasteiger partial charge in [0.25, 0.3) is 10.0 Å². The van der Waals surface area contributed by atoms with E-state index in [1.165, 1.54) is 12.1 Å². The summed E-state index contributed by atoms with van der Waals surface area (Å²) in [5.74, 6) is 0.209. The van der Waals surface area contributed by atoms with Gasteiger partial charge in [0.05, 0.1) is 10.7 Å². The van der Waals surface area contributed by atoms with Crippen molar-refractivity contribution in [3.05, 3.63) is 39.5 Å². The number of hydrogen-bond donors (Lipinski definition) is 1. The molecule has 5 nitrogen and oxygen atoms in total. The van der Waals surface area contributed by atoms with E-state index >= 15 is 0 Å². The highest BCUT2D eigenvalue weighted by atomic mass is 79.9. The van der Waals surface area contributed by atoms with Gasteiger partial charge in [0, 0.05) is 10.5 Å². The molecule has 1 heterocycles. The molecule has 1 aromatic carbocycles. The van der Waals surface area contributed by atoms with Gasteiger partial charge < -0.3 is 4.52 Å². The smallest absolute Gasteiger partial charge is 0.265 e. The lowest BCUT2D eigenvalue weighted by Gasteiger charge is -2.06. The Kier molecular flexibility index (Phi) is 4.41. The van der Waals surface area contributed by atoms with Gasteiger partial charge in [-0.1, -0.05) is 46.5 Å². The van der Waals surface area contributed by atoms with Crippen LogP contribution in [0, 0.1) is 0 Å². The largest absolute Gasteiger partial charge is 0.338 e. The Morgan fingerprint density at radius 2 is 2.05 bits per heavy atom. The molecule has 0 saturated heterocycles. The standard InChI is InChI=1S/C12H12BrClN2O3S/c1-7(2)10-6-12(19-15-10)16-20(17,18)11-4-3-8(13)5-9(11)14/h3-7,16H,1-2H3. The minimum atomic E-state index is -3.81. The lowest BCUT2D eigenvalue weighted by atomic mass is 10.1. The summed E-state index contributed by atoms with van der Waals surface area (Å²) < 4.78 is 32.4. The van der Waals surface area contributed by atoms with Crippen molar-refractivity contribution < 1.29 is 12.9 Å². The van der Waals surface area contributed by atoms with E-state index in [0.717, 1.165) is 0 Å². The maximum absolute atomic E-state index is 12.2. The summed E-state index contributed by atoms with van der Waals surface area (Å²) >= 11 is 9.16. The quantitative estimate of drug-likeness (QED) is 0.871. The van der Waals surface area contributed by atoms with E-state index in [1.807, 2.05) is 13.8 Å². The summed E-state index contributed by atoms with van der Waals surface area (Å²) in [5.41, 5.74) is 0.671. The molecule has 2 aromatic rings. The van der Waals surface area contributed by atoms with Crippen LogP contribution in [0.1, 0.15) is 25.5 Å². The second kappa shape index (κ2) is 5.75. The van der Waals surface area contributed by atoms with E-state index in [-0.39, 0.29) is 21.7 Å². The Morgan fingerprint density at radius 3 is 2.60 bits per heavy atom. The molecule has 0 aliphatic rings. The van der Waals surface area contributed by atoms with Crippen molar-refractivity contribution >= 4 is 43.4 Å². The SMILES string of the molecule is CC(C)c1cc(NS(=O)(=O)c2ccc(Br)cc2Cl)on1. The number of benzene rings is 1. The van der Waals surface area contributed by atoms with Crippen molar-refractivity contribution in [2.75, 3.05) is 4.72 Å². The molecule has 20 heavy (non-hydrogen) atoms. The zero-order chi connectivity index (χ0) is 14.9. The van der Waals surface area contributed by atoms with Gasteiger partial charge in [-0.15, -0.1) is 0 Å². The van der Waals surface area contributed by atoms with Gasteiger partial charge in [-0.3, -0.25) is 0 Å². The third-order valence-corrected chi connectivity index (χ3v) is 4.86. The van der Waals surface area contributed by atoms with Crippen LogP contribution in [0.3, 0.4) is 0 Å². The molecule has 0 aliphatic carbocycles. The van der Waals surface area contributed by atoms with Gasteiger partial charge in [-0.2, -0.15) is 0 Å². The van der Waals surface area contributed by atoms with Crippen LogP contribution in [0.5, 0.6) is 0 Å². The fraction of sp³-hybridized carbons (Fsp3) is 0.250. The van der Waals surface area contributed by atoms with Crippen molar-refractivity contribution in [1.82, 2.24) is 5.16 Å². The average molecular weight is 380 g/mol. The van der Waals surface area contributed by atoms with E-state index in [4.69, 9.17) is 16.1 Å². The van der Waals surface area contributed by atoms with Crippen LogP contribution in [-0.4, -0.2) is 13.6 Å². The molecule has 1 aromatic heterocycles. The first-order chi connectivity index (χ1) is 9.29. The highest BCUT2D eigenvalue weighted by molar-refractivity contribution is 9.10. The predicted octanol–water partition coefficient (Wildman–Crippen LogP) is 4.01. The maximum Gasteiger partial charge on any atom is 0.265 e. The maximum atomic E-state index is 12.2. The molecule has 0 saturated carbocycles. The molecule has 0 radical (unpaired) electrons. The number of sulfonamides is 1. The number of rotatable bonds is 4. The van der Waals surface area contributed by atoms with Gasteiger partial charge >= 0.3 is 0 Å². The molecule has 2 rings (SSSR count). The zero-order valence-electron chi connectivity index (χ0n) is 10.7. The third-order valence-electron chi connectivity index (χ3n) is 2.54. The van der Waals surface area contributed by atoms with Crippen molar-refractivity contribution in [3.8, 4) is 0 Å². The number of halogens is 2. The topological polar surface area (TPSA) is 72.2 Å². The van der Waals surface area contributed by atoms with Crippen LogP contribution in [-0.2, 0) is 10.0 Å². The van der Waals surface area contributed by atoms with Crippen molar-refractivity contribution in [2.45, 2.75) is 24.7 Å². The van der Waals surface area contributed by atoms with E-state index < -0.39 is 10.0 Å². The molecular formula is C12H12BrClN2O3S. The Morgan fingerprint density at radius 1 is 1.35 bits per heavy atom. The van der Waals surface area contributed by atoms with Crippen molar-refractivity contribution in [1.29, 1.82) is 0 Å². The van der Waals surface area contributed by atoms with E-state index in [9.17, 15) is 8.42 Å². The summed E-state index contributed by atoms with van der Waals surface area (Å²) in [4.78, 5) is -0.0233. The highest BCUT2D eigenvalue weighted by Crippen LogP contribution is 2.27. The predicted molar refractivity (Wildman–Crippen MR) is 80.6 cm³/mol. The van der Waals surface area contributed by atoms with E-state index in [2.05, 4.69) is 25.8 Å². The van der Waals surface area contributed by atoms with Gasteiger partial charge in [0.15, 0.2) is 0 Å². The minimum absolute atomic E-state index is 0.0233. The summed E-state index contributed by atoms with van der Waals surface area (Å²) in [6.45, 7) is 3.86. The van der Waals surface area contributed by atoms with Crippen molar-refractivity contribution in [2.24, 2.45) is 0 Å². The minimum Gasteiger partial charge on any atom is -0.338 e. The molecule has 0 spiro atoms. The highest BCUT2D eigenvalue weighted by Gasteiger charge is 2.20. The van der Waals surface area contributed by atoms with Crippen LogP contribution < -0.4 is 4.72 Å². The molecule has 8 heteroatoms. The Bertz CT molecular complexity index is 728. The van der Waals surface area contributed by atoms with Crippen LogP contribution >= 0.6 is 27.5 Å². The summed E-state index contributed by atoms with van der Waals surface area (Å²) in [7, 11) is -3.81. The molecule has 108 valence electrons. The second-order valence-corrected chi connectivity index (χ2v) is 7.42. The summed E-state index contributed by atoms with van der Waals surface area (Å²) in [5, 5.41) is 3.91. The number of nitrogens with zero attached hydrogens (tertiary/aromatic N) is 1. The number of anilines is 1. The van der Waals surface area contributed by atoms with Gasteiger partial charge in [-0.05, 0) is 24.1 Å². The monoisotopic (exact) mass is 378 g/mol. The average Bonchev–Trinajstić information content (AvgIpc) is 2.76. The molecule has 0 unspecified atom stereocenters. The first-order valence-electron chi connectivity index (χ1n) is 5.74. The normalized spacial score (nSPS) is 11.8. The molecule has 0 atom stereocenters. The third kappa shape index (κ3) is 3.34. The van der Waals surface area contributed by atoms with Gasteiger partial charge in [0.1, 0.15) is 4.90 Å². The molecule has 1 N–H and O–H groups in total. The first-order valence-corrected chi connectivity index (χ1v) is 8.39. The fourth-order valence-electron chi connectivity index (χ4n) is 1.49. The van der Waals surface area contributed by atoms with Gasteiger partial charge in [-0.25, -0.2) is 13.1 Å². The molecule has 0 aliphatic heterocycles. The van der Waals surface area contributed by atoms with Gasteiger partial charge in [0.2, 0.25) is 5.88 Å². The van der Waals surface area contributed by atoms with Crippen LogP contribution in [0.25, 0.3) is 0 Å². The molecule has 0 amide bonds. The molecule has 0 bridgehead atoms. The van der Waals surface area contributed by atoms with E-state index in [1.54, 1.807) is 12.1 Å². The second-order valence-electron chi connectivity index (χ2n) is 4.45. The van der Waals surface area contributed by atoms with Crippen LogP contribution in [0.15, 0.2) is 38.2 Å². The van der Waals surface area contributed by atoms with Crippen LogP contribution in [0.4, 0.5) is 5.88 Å². The Labute approximate surface area is 130 Å². The first kappa shape index (κ1) is 15.3. The number of hydrogen-bond acceptors (Lipinski definition) is 4. The molecule has 0 fully saturated rings. The lowest BCUT2D eigenvalue weighted by molar-refractivity contribution is 0.423. The lowest BCUT2D eigenvalue weighted by Crippen LogP contribution is -2.13. The van der Waals surface area contributed by atoms with E-state index in [0.29, 0.717) is 10.2 Å². The number of aromatic nitrogens is 1. The van der Waals surface area contributed by atoms with Crippen LogP contribution in [0.2, 0.25) is 5.02 Å². The Balaban J connectivity index is 2.30. The van der Waals surface area contributed by atoms with Crippen molar-refractivity contribution in [3.63, 3.8) is 0 Å². The zero-order valence-corrected chi connectivity index (χ0v) is 13.9. The molecular weight excluding hydrogens is 368 g/mol. The summed E-state index contributed by atoms with van der Waals surface area (Å²) in [6.07, 6.45) is 0. The summed E-state index contributed by atoms with van der Waals surface area (Å²) in [6, 6.07) is 6.07. The number of nitrogens with one attached hydrogen (secondary N) is 1. The fourth-order valence-corrected chi connectivity index (χ4v) is 3.50. The Hall–Kier alpha value is -1.05.